The molecule has 31 heavy (non-hydrogen) atoms. The molecule has 162 valence electrons. The number of thiazole rings is 1. The summed E-state index contributed by atoms with van der Waals surface area (Å²) in [7, 11) is 1.22. The third kappa shape index (κ3) is 4.06. The molecule has 3 heterocycles. The summed E-state index contributed by atoms with van der Waals surface area (Å²) < 4.78 is 24.6. The minimum atomic E-state index is -1.09. The smallest absolute Gasteiger partial charge is 0.338 e. The van der Waals surface area contributed by atoms with Crippen LogP contribution in [0.25, 0.3) is 0 Å². The zero-order valence-corrected chi connectivity index (χ0v) is 17.7. The normalized spacial score (nSPS) is 23.3. The van der Waals surface area contributed by atoms with Crippen molar-refractivity contribution in [3.63, 3.8) is 0 Å². The zero-order valence-electron chi connectivity index (χ0n) is 16.2. The predicted octanol–water partition coefficient (Wildman–Crippen LogP) is 2.94. The molecule has 11 heteroatoms. The van der Waals surface area contributed by atoms with Gasteiger partial charge in [-0.15, -0.1) is 11.3 Å². The van der Waals surface area contributed by atoms with E-state index in [0.717, 1.165) is 0 Å². The van der Waals surface area contributed by atoms with Gasteiger partial charge in [0, 0.05) is 28.8 Å². The molecule has 4 rings (SSSR count). The molecular weight excluding hydrogens is 449 g/mol. The third-order valence-corrected chi connectivity index (χ3v) is 6.25. The number of nitrogens with zero attached hydrogens (tertiary/aromatic N) is 2. The average Bonchev–Trinajstić information content (AvgIpc) is 3.47. The van der Waals surface area contributed by atoms with Gasteiger partial charge in [0.25, 0.3) is 0 Å². The van der Waals surface area contributed by atoms with Crippen LogP contribution in [-0.2, 0) is 19.1 Å². The van der Waals surface area contributed by atoms with Crippen LogP contribution in [0, 0.1) is 11.7 Å². The van der Waals surface area contributed by atoms with E-state index in [1.165, 1.54) is 30.6 Å². The van der Waals surface area contributed by atoms with Gasteiger partial charge in [-0.05, 0) is 12.5 Å². The number of halogens is 2. The van der Waals surface area contributed by atoms with Gasteiger partial charge >= 0.3 is 11.9 Å². The van der Waals surface area contributed by atoms with Crippen LogP contribution in [0.15, 0.2) is 46.0 Å². The van der Waals surface area contributed by atoms with Crippen LogP contribution in [-0.4, -0.2) is 47.7 Å². The molecule has 2 aromatic rings. The van der Waals surface area contributed by atoms with Gasteiger partial charge in [-0.25, -0.2) is 19.0 Å². The minimum absolute atomic E-state index is 0.0779. The number of amidine groups is 1. The molecule has 2 N–H and O–H groups in total. The van der Waals surface area contributed by atoms with Crippen molar-refractivity contribution in [2.75, 3.05) is 13.7 Å². The van der Waals surface area contributed by atoms with Gasteiger partial charge in [0.1, 0.15) is 11.9 Å². The fourth-order valence-corrected chi connectivity index (χ4v) is 4.44. The van der Waals surface area contributed by atoms with E-state index in [4.69, 9.17) is 21.1 Å². The van der Waals surface area contributed by atoms with E-state index in [-0.39, 0.29) is 29.2 Å². The number of benzene rings is 1. The number of aromatic nitrogens is 1. The first-order chi connectivity index (χ1) is 14.9. The number of ether oxygens (including phenoxy) is 2. The van der Waals surface area contributed by atoms with Crippen molar-refractivity contribution >= 4 is 40.7 Å². The van der Waals surface area contributed by atoms with Crippen molar-refractivity contribution < 1.29 is 28.6 Å². The van der Waals surface area contributed by atoms with E-state index < -0.39 is 35.8 Å². The number of hydrogen-bond acceptors (Lipinski definition) is 8. The molecule has 0 saturated carbocycles. The largest absolute Gasteiger partial charge is 0.479 e. The standard InChI is InChI=1S/C20H17ClFN3O5S/c1-29-20(28)13-15(9-7-12(19(26)27)30-8-9)24-17(18-23-5-6-31-18)25-16(13)10-3-2-4-11(22)14(10)21/h2-6,9,12,16H,7-8H2,1H3,(H,24,25)(H,26,27). The molecule has 1 aromatic heterocycles. The Morgan fingerprint density at radius 1 is 1.42 bits per heavy atom. The number of esters is 1. The molecule has 1 fully saturated rings. The van der Waals surface area contributed by atoms with Gasteiger partial charge in [0.05, 0.1) is 24.3 Å². The topological polar surface area (TPSA) is 110 Å². The highest BCUT2D eigenvalue weighted by Gasteiger charge is 2.41. The second kappa shape index (κ2) is 8.74. The molecule has 0 bridgehead atoms. The molecular formula is C20H17ClFN3O5S. The van der Waals surface area contributed by atoms with E-state index in [9.17, 15) is 19.1 Å². The zero-order chi connectivity index (χ0) is 22.1. The van der Waals surface area contributed by atoms with Crippen molar-refractivity contribution in [2.45, 2.75) is 18.6 Å². The van der Waals surface area contributed by atoms with Crippen molar-refractivity contribution in [3.05, 3.63) is 62.5 Å². The summed E-state index contributed by atoms with van der Waals surface area (Å²) in [4.78, 5) is 33.1. The number of hydrogen-bond donors (Lipinski definition) is 2. The van der Waals surface area contributed by atoms with Crippen molar-refractivity contribution in [1.82, 2.24) is 10.3 Å². The first kappa shape index (κ1) is 21.4. The summed E-state index contributed by atoms with van der Waals surface area (Å²) in [5.74, 6) is -2.51. The number of aliphatic carboxylic acids is 1. The molecule has 1 aromatic carbocycles. The maximum atomic E-state index is 14.2. The molecule has 1 saturated heterocycles. The van der Waals surface area contributed by atoms with Gasteiger partial charge in [0.2, 0.25) is 0 Å². The number of carbonyl (C=O) groups is 2. The molecule has 0 amide bonds. The first-order valence-electron chi connectivity index (χ1n) is 9.26. The lowest BCUT2D eigenvalue weighted by atomic mass is 9.89. The van der Waals surface area contributed by atoms with Gasteiger partial charge in [0.15, 0.2) is 16.9 Å². The number of rotatable bonds is 5. The molecule has 3 unspecified atom stereocenters. The van der Waals surface area contributed by atoms with Gasteiger partial charge in [-0.3, -0.25) is 4.99 Å². The molecule has 3 atom stereocenters. The monoisotopic (exact) mass is 465 g/mol. The van der Waals surface area contributed by atoms with Gasteiger partial charge in [-0.2, -0.15) is 0 Å². The Balaban J connectivity index is 1.87. The van der Waals surface area contributed by atoms with Crippen LogP contribution in [0.3, 0.4) is 0 Å². The maximum absolute atomic E-state index is 14.2. The molecule has 0 radical (unpaired) electrons. The van der Waals surface area contributed by atoms with Crippen LogP contribution < -0.4 is 5.32 Å². The Morgan fingerprint density at radius 3 is 2.87 bits per heavy atom. The lowest BCUT2D eigenvalue weighted by Crippen LogP contribution is -2.37. The average molecular weight is 466 g/mol. The van der Waals surface area contributed by atoms with E-state index in [0.29, 0.717) is 16.5 Å². The Labute approximate surface area is 185 Å². The molecule has 0 aliphatic carbocycles. The van der Waals surface area contributed by atoms with Crippen LogP contribution in [0.4, 0.5) is 4.39 Å². The Kier molecular flexibility index (Phi) is 6.03. The molecule has 2 aliphatic rings. The number of aliphatic imine (C=N–C) groups is 1. The second-order valence-electron chi connectivity index (χ2n) is 6.90. The van der Waals surface area contributed by atoms with Crippen molar-refractivity contribution in [1.29, 1.82) is 0 Å². The summed E-state index contributed by atoms with van der Waals surface area (Å²) >= 11 is 7.55. The number of carboxylic acids is 1. The number of carboxylic acid groups (broad SMARTS) is 1. The Morgan fingerprint density at radius 2 is 2.23 bits per heavy atom. The van der Waals surface area contributed by atoms with E-state index in [1.807, 2.05) is 0 Å². The van der Waals surface area contributed by atoms with Crippen LogP contribution in [0.5, 0.6) is 0 Å². The summed E-state index contributed by atoms with van der Waals surface area (Å²) in [6.45, 7) is 0.0779. The van der Waals surface area contributed by atoms with Crippen molar-refractivity contribution in [3.8, 4) is 0 Å². The highest BCUT2D eigenvalue weighted by atomic mass is 35.5. The van der Waals surface area contributed by atoms with Crippen LogP contribution in [0.2, 0.25) is 5.02 Å². The Bertz CT molecular complexity index is 1090. The highest BCUT2D eigenvalue weighted by Crippen LogP contribution is 2.40. The lowest BCUT2D eigenvalue weighted by molar-refractivity contribution is -0.147. The highest BCUT2D eigenvalue weighted by molar-refractivity contribution is 7.11. The first-order valence-corrected chi connectivity index (χ1v) is 10.5. The predicted molar refractivity (Wildman–Crippen MR) is 110 cm³/mol. The summed E-state index contributed by atoms with van der Waals surface area (Å²) in [5.41, 5.74) is 0.805. The fourth-order valence-electron chi connectivity index (χ4n) is 3.63. The summed E-state index contributed by atoms with van der Waals surface area (Å²) in [5, 5.41) is 14.6. The summed E-state index contributed by atoms with van der Waals surface area (Å²) in [6, 6.07) is 3.29. The number of nitrogens with one attached hydrogen (secondary N) is 1. The summed E-state index contributed by atoms with van der Waals surface area (Å²) in [6.07, 6.45) is 0.746. The minimum Gasteiger partial charge on any atom is -0.479 e. The molecule has 2 aliphatic heterocycles. The number of methoxy groups -OCH3 is 1. The van der Waals surface area contributed by atoms with Crippen LogP contribution >= 0.6 is 22.9 Å². The van der Waals surface area contributed by atoms with Crippen LogP contribution in [0.1, 0.15) is 23.0 Å². The molecule has 8 nitrogen and oxygen atoms in total. The Hall–Kier alpha value is -2.82. The fraction of sp³-hybridized carbons (Fsp3) is 0.300. The van der Waals surface area contributed by atoms with Crippen molar-refractivity contribution in [2.24, 2.45) is 10.9 Å². The second-order valence-corrected chi connectivity index (χ2v) is 8.17. The maximum Gasteiger partial charge on any atom is 0.338 e. The van der Waals surface area contributed by atoms with E-state index in [1.54, 1.807) is 17.6 Å². The third-order valence-electron chi connectivity index (χ3n) is 5.07. The van der Waals surface area contributed by atoms with E-state index >= 15 is 0 Å². The number of carbonyl (C=O) groups excluding carboxylic acids is 1. The quantitative estimate of drug-likeness (QED) is 0.653. The SMILES string of the molecule is COC(=O)C1=C(C2COC(C(=O)O)C2)NC(c2nccs2)=NC1c1cccc(F)c1Cl. The lowest BCUT2D eigenvalue weighted by Gasteiger charge is -2.29. The van der Waals surface area contributed by atoms with E-state index in [2.05, 4.69) is 15.3 Å². The van der Waals surface area contributed by atoms with Gasteiger partial charge < -0.3 is 19.9 Å². The van der Waals surface area contributed by atoms with Gasteiger partial charge in [-0.1, -0.05) is 23.7 Å². The molecule has 0 spiro atoms.